The minimum absolute atomic E-state index is 0.740. The lowest BCUT2D eigenvalue weighted by atomic mass is 10.3. The topological polar surface area (TPSA) is 44.0 Å². The number of H-pyrrole nitrogens is 1. The number of rotatable bonds is 7. The summed E-state index contributed by atoms with van der Waals surface area (Å²) in [4.78, 5) is 10.0. The smallest absolute Gasteiger partial charge is 0.108 e. The Labute approximate surface area is 119 Å². The second-order valence-electron chi connectivity index (χ2n) is 5.00. The molecule has 0 amide bonds. The molecule has 19 heavy (non-hydrogen) atoms. The molecule has 0 unspecified atom stereocenters. The number of aromatic amines is 1. The largest absolute Gasteiger partial charge is 0.342 e. The summed E-state index contributed by atoms with van der Waals surface area (Å²) in [5.41, 5.74) is 1.99. The molecule has 0 saturated heterocycles. The van der Waals surface area contributed by atoms with E-state index < -0.39 is 0 Å². The Bertz CT molecular complexity index is 521. The van der Waals surface area contributed by atoms with Crippen LogP contribution < -0.4 is 5.32 Å². The van der Waals surface area contributed by atoms with Crippen molar-refractivity contribution in [2.24, 2.45) is 0 Å². The molecule has 2 rings (SSSR count). The fourth-order valence-corrected chi connectivity index (χ4v) is 2.18. The average molecular weight is 281 g/mol. The number of benzene rings is 1. The summed E-state index contributed by atoms with van der Waals surface area (Å²) in [6.45, 7) is 3.11. The fraction of sp³-hybridized carbons (Fsp3) is 0.500. The maximum Gasteiger partial charge on any atom is 0.108 e. The van der Waals surface area contributed by atoms with Gasteiger partial charge in [0.05, 0.1) is 11.0 Å². The van der Waals surface area contributed by atoms with Gasteiger partial charge in [-0.05, 0) is 51.8 Å². The van der Waals surface area contributed by atoms with E-state index in [0.717, 1.165) is 47.9 Å². The molecule has 0 aliphatic carbocycles. The van der Waals surface area contributed by atoms with Crippen molar-refractivity contribution in [3.63, 3.8) is 0 Å². The van der Waals surface area contributed by atoms with Crippen molar-refractivity contribution < 1.29 is 0 Å². The zero-order valence-corrected chi connectivity index (χ0v) is 12.3. The van der Waals surface area contributed by atoms with Crippen LogP contribution >= 0.6 is 11.6 Å². The third kappa shape index (κ3) is 4.49. The van der Waals surface area contributed by atoms with E-state index in [-0.39, 0.29) is 0 Å². The van der Waals surface area contributed by atoms with Crippen LogP contribution in [0.4, 0.5) is 0 Å². The van der Waals surface area contributed by atoms with Crippen molar-refractivity contribution in [3.8, 4) is 0 Å². The number of nitrogens with one attached hydrogen (secondary N) is 2. The number of hydrogen-bond donors (Lipinski definition) is 2. The molecule has 0 saturated carbocycles. The van der Waals surface area contributed by atoms with Crippen LogP contribution in [0.2, 0.25) is 5.02 Å². The Morgan fingerprint density at radius 1 is 1.32 bits per heavy atom. The Hall–Kier alpha value is -1.10. The first-order valence-corrected chi connectivity index (χ1v) is 7.02. The van der Waals surface area contributed by atoms with Gasteiger partial charge in [0.2, 0.25) is 0 Å². The maximum absolute atomic E-state index is 5.95. The molecule has 104 valence electrons. The van der Waals surface area contributed by atoms with E-state index in [0.29, 0.717) is 0 Å². The summed E-state index contributed by atoms with van der Waals surface area (Å²) in [6, 6.07) is 5.73. The molecule has 5 heteroatoms. The highest BCUT2D eigenvalue weighted by molar-refractivity contribution is 6.31. The van der Waals surface area contributed by atoms with Gasteiger partial charge in [-0.15, -0.1) is 0 Å². The summed E-state index contributed by atoms with van der Waals surface area (Å²) in [6.07, 6.45) is 2.08. The third-order valence-corrected chi connectivity index (χ3v) is 3.23. The van der Waals surface area contributed by atoms with Gasteiger partial charge >= 0.3 is 0 Å². The van der Waals surface area contributed by atoms with E-state index in [4.69, 9.17) is 11.6 Å². The van der Waals surface area contributed by atoms with Crippen LogP contribution in [0.3, 0.4) is 0 Å². The molecule has 0 atom stereocenters. The predicted molar refractivity (Wildman–Crippen MR) is 80.8 cm³/mol. The zero-order valence-electron chi connectivity index (χ0n) is 11.5. The summed E-state index contributed by atoms with van der Waals surface area (Å²) in [7, 11) is 4.19. The molecule has 0 fully saturated rings. The van der Waals surface area contributed by atoms with Crippen molar-refractivity contribution in [3.05, 3.63) is 29.0 Å². The molecule has 0 bridgehead atoms. The predicted octanol–water partition coefficient (Wildman–Crippen LogP) is 2.30. The first-order valence-electron chi connectivity index (χ1n) is 6.65. The molecule has 0 spiro atoms. The van der Waals surface area contributed by atoms with Gasteiger partial charge in [0.25, 0.3) is 0 Å². The number of hydrogen-bond acceptors (Lipinski definition) is 3. The highest BCUT2D eigenvalue weighted by atomic mass is 35.5. The molecule has 0 radical (unpaired) electrons. The maximum atomic E-state index is 5.95. The highest BCUT2D eigenvalue weighted by Gasteiger charge is 2.02. The van der Waals surface area contributed by atoms with Crippen LogP contribution in [-0.4, -0.2) is 48.6 Å². The molecular weight excluding hydrogens is 260 g/mol. The molecular formula is C14H21ClN4. The monoisotopic (exact) mass is 280 g/mol. The van der Waals surface area contributed by atoms with Crippen LogP contribution in [-0.2, 0) is 6.42 Å². The van der Waals surface area contributed by atoms with Crippen LogP contribution in [0, 0.1) is 0 Å². The van der Waals surface area contributed by atoms with Gasteiger partial charge in [0, 0.05) is 18.0 Å². The number of imidazole rings is 1. The van der Waals surface area contributed by atoms with Gasteiger partial charge in [0.15, 0.2) is 0 Å². The normalized spacial score (nSPS) is 11.6. The average Bonchev–Trinajstić information content (AvgIpc) is 2.75. The minimum Gasteiger partial charge on any atom is -0.342 e. The third-order valence-electron chi connectivity index (χ3n) is 2.99. The van der Waals surface area contributed by atoms with Crippen LogP contribution in [0.1, 0.15) is 12.2 Å². The van der Waals surface area contributed by atoms with E-state index in [1.165, 1.54) is 6.42 Å². The van der Waals surface area contributed by atoms with Crippen molar-refractivity contribution in [1.82, 2.24) is 20.2 Å². The van der Waals surface area contributed by atoms with E-state index in [1.54, 1.807) is 0 Å². The fourth-order valence-electron chi connectivity index (χ4n) is 2.01. The van der Waals surface area contributed by atoms with Crippen molar-refractivity contribution in [2.75, 3.05) is 33.7 Å². The molecule has 2 N–H and O–H groups in total. The number of fused-ring (bicyclic) bond motifs is 1. The summed E-state index contributed by atoms with van der Waals surface area (Å²) in [5.74, 6) is 1.01. The van der Waals surface area contributed by atoms with Gasteiger partial charge in [-0.2, -0.15) is 0 Å². The Kier molecular flexibility index (Phi) is 5.19. The molecule has 0 aliphatic heterocycles. The standard InChI is InChI=1S/C14H21ClN4/c1-19(2)9-3-7-16-8-6-14-17-12-5-4-11(15)10-13(12)18-14/h4-5,10,16H,3,6-9H2,1-2H3,(H,17,18). The Morgan fingerprint density at radius 2 is 2.16 bits per heavy atom. The molecule has 4 nitrogen and oxygen atoms in total. The quantitative estimate of drug-likeness (QED) is 0.765. The van der Waals surface area contributed by atoms with Crippen molar-refractivity contribution >= 4 is 22.6 Å². The zero-order chi connectivity index (χ0) is 13.7. The van der Waals surface area contributed by atoms with Gasteiger partial charge in [0.1, 0.15) is 5.82 Å². The van der Waals surface area contributed by atoms with Crippen molar-refractivity contribution in [2.45, 2.75) is 12.8 Å². The first-order chi connectivity index (χ1) is 9.15. The second-order valence-corrected chi connectivity index (χ2v) is 5.44. The summed E-state index contributed by atoms with van der Waals surface area (Å²) >= 11 is 5.95. The lowest BCUT2D eigenvalue weighted by Crippen LogP contribution is -2.23. The highest BCUT2D eigenvalue weighted by Crippen LogP contribution is 2.17. The Morgan fingerprint density at radius 3 is 2.95 bits per heavy atom. The van der Waals surface area contributed by atoms with Gasteiger partial charge in [-0.3, -0.25) is 0 Å². The van der Waals surface area contributed by atoms with Gasteiger partial charge in [-0.1, -0.05) is 11.6 Å². The molecule has 1 aromatic carbocycles. The van der Waals surface area contributed by atoms with Crippen LogP contribution in [0.15, 0.2) is 18.2 Å². The van der Waals surface area contributed by atoms with E-state index in [9.17, 15) is 0 Å². The lowest BCUT2D eigenvalue weighted by Gasteiger charge is -2.09. The molecule has 1 heterocycles. The van der Waals surface area contributed by atoms with Crippen LogP contribution in [0.25, 0.3) is 11.0 Å². The van der Waals surface area contributed by atoms with Crippen LogP contribution in [0.5, 0.6) is 0 Å². The lowest BCUT2D eigenvalue weighted by molar-refractivity contribution is 0.395. The van der Waals surface area contributed by atoms with Crippen molar-refractivity contribution in [1.29, 1.82) is 0 Å². The number of nitrogens with zero attached hydrogens (tertiary/aromatic N) is 2. The molecule has 0 aliphatic rings. The SMILES string of the molecule is CN(C)CCCNCCc1nc2ccc(Cl)cc2[nH]1. The number of aromatic nitrogens is 2. The Balaban J connectivity index is 1.75. The second kappa shape index (κ2) is 6.89. The van der Waals surface area contributed by atoms with Gasteiger partial charge in [-0.25, -0.2) is 4.98 Å². The summed E-state index contributed by atoms with van der Waals surface area (Å²) < 4.78 is 0. The number of halogens is 1. The van der Waals surface area contributed by atoms with E-state index in [2.05, 4.69) is 34.3 Å². The molecule has 1 aromatic heterocycles. The first kappa shape index (κ1) is 14.3. The van der Waals surface area contributed by atoms with E-state index >= 15 is 0 Å². The van der Waals surface area contributed by atoms with Gasteiger partial charge < -0.3 is 15.2 Å². The van der Waals surface area contributed by atoms with E-state index in [1.807, 2.05) is 18.2 Å². The minimum atomic E-state index is 0.740. The summed E-state index contributed by atoms with van der Waals surface area (Å²) in [5, 5.41) is 4.17. The molecule has 2 aromatic rings.